The number of hydrogen-bond donors (Lipinski definition) is 2. The minimum absolute atomic E-state index is 0.228. The lowest BCUT2D eigenvalue weighted by Crippen LogP contribution is -2.37. The van der Waals surface area contributed by atoms with Crippen molar-refractivity contribution in [2.24, 2.45) is 4.99 Å². The molecule has 1 aliphatic rings. The van der Waals surface area contributed by atoms with Crippen molar-refractivity contribution < 1.29 is 18.0 Å². The fraction of sp³-hybridized carbons (Fsp3) is 0.545. The Kier molecular flexibility index (Phi) is 9.52. The van der Waals surface area contributed by atoms with Gasteiger partial charge in [0.05, 0.1) is 12.1 Å². The maximum atomic E-state index is 12.7. The van der Waals surface area contributed by atoms with Crippen LogP contribution in [0.2, 0.25) is 0 Å². The van der Waals surface area contributed by atoms with Crippen LogP contribution in [0.25, 0.3) is 0 Å². The average molecular weight is 422 g/mol. The van der Waals surface area contributed by atoms with E-state index >= 15 is 0 Å². The van der Waals surface area contributed by atoms with Crippen LogP contribution in [-0.2, 0) is 11.0 Å². The van der Waals surface area contributed by atoms with Crippen LogP contribution in [-0.4, -0.2) is 49.5 Å². The van der Waals surface area contributed by atoms with Gasteiger partial charge in [0.1, 0.15) is 0 Å². The van der Waals surface area contributed by atoms with Crippen LogP contribution in [0.1, 0.15) is 50.2 Å². The summed E-state index contributed by atoms with van der Waals surface area (Å²) in [6.07, 6.45) is 0.179. The van der Waals surface area contributed by atoms with Gasteiger partial charge in [-0.25, -0.2) is 0 Å². The number of alkyl halides is 3. The highest BCUT2D eigenvalue weighted by Crippen LogP contribution is 2.29. The van der Waals surface area contributed by atoms with E-state index in [1.54, 1.807) is 6.07 Å². The number of amides is 1. The van der Waals surface area contributed by atoms with Gasteiger partial charge in [0, 0.05) is 38.2 Å². The maximum Gasteiger partial charge on any atom is 0.416 e. The zero-order valence-corrected chi connectivity index (χ0v) is 17.3. The third kappa shape index (κ3) is 8.36. The van der Waals surface area contributed by atoms with Gasteiger partial charge in [-0.1, -0.05) is 24.3 Å². The van der Waals surface area contributed by atoms with E-state index in [2.05, 4.69) is 27.5 Å². The summed E-state index contributed by atoms with van der Waals surface area (Å²) >= 11 is 0. The summed E-state index contributed by atoms with van der Waals surface area (Å²) in [7, 11) is 0. The van der Waals surface area contributed by atoms with Crippen LogP contribution >= 0.6 is 0 Å². The van der Waals surface area contributed by atoms with E-state index in [1.807, 2.05) is 11.8 Å². The lowest BCUT2D eigenvalue weighted by molar-refractivity contribution is -0.137. The molecule has 1 amide bonds. The summed E-state index contributed by atoms with van der Waals surface area (Å²) in [5.74, 6) is 6.38. The topological polar surface area (TPSA) is 56.7 Å². The molecule has 0 radical (unpaired) electrons. The van der Waals surface area contributed by atoms with Gasteiger partial charge in [-0.15, -0.1) is 0 Å². The normalized spacial score (nSPS) is 15.3. The minimum atomic E-state index is -4.38. The average Bonchev–Trinajstić information content (AvgIpc) is 2.92. The number of hydrogen-bond acceptors (Lipinski definition) is 2. The lowest BCUT2D eigenvalue weighted by atomic mass is 10.1. The molecular formula is C22H29F3N4O. The Bertz CT molecular complexity index is 781. The molecule has 2 rings (SSSR count). The third-order valence-corrected chi connectivity index (χ3v) is 4.64. The van der Waals surface area contributed by atoms with Gasteiger partial charge in [-0.3, -0.25) is 9.79 Å². The van der Waals surface area contributed by atoms with Crippen LogP contribution < -0.4 is 10.6 Å². The molecule has 0 spiro atoms. The van der Waals surface area contributed by atoms with Crippen LogP contribution in [0.4, 0.5) is 13.2 Å². The molecule has 1 heterocycles. The molecule has 1 aromatic rings. The Balaban J connectivity index is 1.81. The quantitative estimate of drug-likeness (QED) is 0.320. The predicted octanol–water partition coefficient (Wildman–Crippen LogP) is 3.40. The van der Waals surface area contributed by atoms with Crippen LogP contribution in [0, 0.1) is 11.8 Å². The Labute approximate surface area is 176 Å². The number of benzene rings is 1. The summed E-state index contributed by atoms with van der Waals surface area (Å²) in [6, 6.07) is 4.96. The Hall–Kier alpha value is -2.69. The van der Waals surface area contributed by atoms with E-state index < -0.39 is 11.7 Å². The molecular weight excluding hydrogens is 393 g/mol. The highest BCUT2D eigenvalue weighted by Gasteiger charge is 2.30. The molecule has 30 heavy (non-hydrogen) atoms. The van der Waals surface area contributed by atoms with E-state index in [-0.39, 0.29) is 12.5 Å². The number of carbonyl (C=O) groups excluding carboxylic acids is 1. The molecule has 1 aliphatic heterocycles. The molecule has 0 unspecified atom stereocenters. The van der Waals surface area contributed by atoms with Crippen LogP contribution in [0.3, 0.4) is 0 Å². The number of rotatable bonds is 6. The van der Waals surface area contributed by atoms with E-state index in [0.29, 0.717) is 37.6 Å². The molecule has 2 N–H and O–H groups in total. The smallest absolute Gasteiger partial charge is 0.357 e. The molecule has 5 nitrogen and oxygen atoms in total. The van der Waals surface area contributed by atoms with Crippen molar-refractivity contribution in [1.82, 2.24) is 15.5 Å². The second-order valence-corrected chi connectivity index (χ2v) is 7.04. The first-order valence-electron chi connectivity index (χ1n) is 10.4. The Morgan fingerprint density at radius 3 is 2.83 bits per heavy atom. The summed E-state index contributed by atoms with van der Waals surface area (Å²) in [5.41, 5.74) is -0.393. The predicted molar refractivity (Wildman–Crippen MR) is 112 cm³/mol. The number of nitrogens with one attached hydrogen (secondary N) is 2. The van der Waals surface area contributed by atoms with E-state index in [9.17, 15) is 18.0 Å². The van der Waals surface area contributed by atoms with Crippen LogP contribution in [0.5, 0.6) is 0 Å². The molecule has 0 aromatic heterocycles. The summed E-state index contributed by atoms with van der Waals surface area (Å²) in [4.78, 5) is 18.4. The Morgan fingerprint density at radius 1 is 1.23 bits per heavy atom. The van der Waals surface area contributed by atoms with Crippen molar-refractivity contribution in [2.75, 3.05) is 32.7 Å². The van der Waals surface area contributed by atoms with Gasteiger partial charge in [-0.2, -0.15) is 13.2 Å². The number of aliphatic imine (C=N–C) groups is 1. The monoisotopic (exact) mass is 422 g/mol. The summed E-state index contributed by atoms with van der Waals surface area (Å²) in [5, 5.41) is 6.16. The number of nitrogens with zero attached hydrogens (tertiary/aromatic N) is 2. The number of guanidine groups is 1. The van der Waals surface area contributed by atoms with Gasteiger partial charge in [-0.05, 0) is 44.4 Å². The highest BCUT2D eigenvalue weighted by atomic mass is 19.4. The van der Waals surface area contributed by atoms with Crippen LogP contribution in [0.15, 0.2) is 29.3 Å². The molecule has 0 bridgehead atoms. The van der Waals surface area contributed by atoms with Crippen molar-refractivity contribution in [3.05, 3.63) is 35.4 Å². The van der Waals surface area contributed by atoms with Gasteiger partial charge in [0.2, 0.25) is 5.91 Å². The second-order valence-electron chi connectivity index (χ2n) is 7.04. The van der Waals surface area contributed by atoms with Crippen molar-refractivity contribution in [3.63, 3.8) is 0 Å². The summed E-state index contributed by atoms with van der Waals surface area (Å²) in [6.45, 7) is 4.98. The largest absolute Gasteiger partial charge is 0.416 e. The number of halogens is 3. The van der Waals surface area contributed by atoms with Crippen molar-refractivity contribution >= 4 is 11.9 Å². The molecule has 0 aliphatic carbocycles. The number of likely N-dealkylation sites (tertiary alicyclic amines) is 1. The van der Waals surface area contributed by atoms with E-state index in [1.165, 1.54) is 6.07 Å². The van der Waals surface area contributed by atoms with Crippen molar-refractivity contribution in [1.29, 1.82) is 0 Å². The van der Waals surface area contributed by atoms with Gasteiger partial charge >= 0.3 is 6.18 Å². The number of carbonyl (C=O) groups is 1. The standard InChI is InChI=1S/C22H29F3N4O/c1-2-26-21(28-14-8-16-29-15-5-3-4-12-20(29)30)27-13-7-10-18-9-6-11-19(17-18)22(23,24)25/h6,9,11,17H,2-5,8,12-16H2,1H3,(H2,26,27,28). The van der Waals surface area contributed by atoms with E-state index in [0.717, 1.165) is 44.4 Å². The van der Waals surface area contributed by atoms with Crippen molar-refractivity contribution in [2.45, 2.75) is 45.2 Å². The van der Waals surface area contributed by atoms with Gasteiger partial charge in [0.15, 0.2) is 5.96 Å². The molecule has 1 fully saturated rings. The molecule has 8 heteroatoms. The molecule has 1 aromatic carbocycles. The molecule has 164 valence electrons. The fourth-order valence-electron chi connectivity index (χ4n) is 3.12. The molecule has 1 saturated heterocycles. The van der Waals surface area contributed by atoms with E-state index in [4.69, 9.17) is 0 Å². The first-order chi connectivity index (χ1) is 14.4. The third-order valence-electron chi connectivity index (χ3n) is 4.64. The van der Waals surface area contributed by atoms with Crippen molar-refractivity contribution in [3.8, 4) is 11.8 Å². The Morgan fingerprint density at radius 2 is 2.07 bits per heavy atom. The first-order valence-corrected chi connectivity index (χ1v) is 10.4. The minimum Gasteiger partial charge on any atom is -0.357 e. The van der Waals surface area contributed by atoms with Gasteiger partial charge in [0.25, 0.3) is 0 Å². The zero-order chi connectivity index (χ0) is 21.8. The zero-order valence-electron chi connectivity index (χ0n) is 17.3. The second kappa shape index (κ2) is 12.1. The lowest BCUT2D eigenvalue weighted by Gasteiger charge is -2.19. The maximum absolute atomic E-state index is 12.7. The molecule has 0 atom stereocenters. The SMILES string of the molecule is CCNC(=NCCCN1CCCCCC1=O)NCC#Cc1cccc(C(F)(F)F)c1. The molecule has 0 saturated carbocycles. The highest BCUT2D eigenvalue weighted by molar-refractivity contribution is 5.80. The summed E-state index contributed by atoms with van der Waals surface area (Å²) < 4.78 is 38.2. The fourth-order valence-corrected chi connectivity index (χ4v) is 3.12. The first kappa shape index (κ1) is 23.6. The van der Waals surface area contributed by atoms with Gasteiger partial charge < -0.3 is 15.5 Å².